The maximum atomic E-state index is 11.5. The van der Waals surface area contributed by atoms with Crippen LogP contribution < -0.4 is 10.1 Å². The van der Waals surface area contributed by atoms with Gasteiger partial charge in [0.15, 0.2) is 0 Å². The smallest absolute Gasteiger partial charge is 0.219 e. The number of rotatable bonds is 1. The number of nitrogens with zero attached hydrogens (tertiary/aromatic N) is 1. The van der Waals surface area contributed by atoms with Crippen molar-refractivity contribution in [1.29, 1.82) is 0 Å². The molecule has 1 saturated carbocycles. The molecule has 1 aliphatic heterocycles. The Morgan fingerprint density at radius 3 is 2.76 bits per heavy atom. The number of para-hydroxylation sites is 1. The minimum atomic E-state index is -0.110. The minimum Gasteiger partial charge on any atom is -0.486 e. The van der Waals surface area contributed by atoms with Crippen molar-refractivity contribution in [3.63, 3.8) is 0 Å². The van der Waals surface area contributed by atoms with E-state index >= 15 is 0 Å². The van der Waals surface area contributed by atoms with Gasteiger partial charge >= 0.3 is 0 Å². The Morgan fingerprint density at radius 1 is 1.33 bits per heavy atom. The van der Waals surface area contributed by atoms with E-state index in [1.807, 2.05) is 18.0 Å². The van der Waals surface area contributed by atoms with E-state index in [1.54, 1.807) is 6.92 Å². The van der Waals surface area contributed by atoms with Gasteiger partial charge in [0.1, 0.15) is 11.4 Å². The van der Waals surface area contributed by atoms with Crippen molar-refractivity contribution in [3.8, 4) is 5.75 Å². The molecule has 1 aromatic rings. The standard InChI is InChI=1S/C17H24N2O2/c1-13(20)19(2)15-7-9-17(10-8-15)12-18-11-14-5-3-4-6-16(14)21-17/h3-6,15,18H,7-12H2,1-2H3. The number of hydrogen-bond donors (Lipinski definition) is 1. The van der Waals surface area contributed by atoms with Crippen LogP contribution in [0.3, 0.4) is 0 Å². The zero-order chi connectivity index (χ0) is 14.9. The number of carbonyl (C=O) groups excluding carboxylic acids is 1. The van der Waals surface area contributed by atoms with E-state index in [2.05, 4.69) is 23.5 Å². The third-order valence-electron chi connectivity index (χ3n) is 4.97. The maximum absolute atomic E-state index is 11.5. The molecule has 4 heteroatoms. The lowest BCUT2D eigenvalue weighted by molar-refractivity contribution is -0.131. The molecule has 2 aliphatic rings. The molecule has 1 N–H and O–H groups in total. The lowest BCUT2D eigenvalue weighted by Gasteiger charge is -2.42. The number of fused-ring (bicyclic) bond motifs is 1. The largest absolute Gasteiger partial charge is 0.486 e. The Bertz CT molecular complexity index is 521. The van der Waals surface area contributed by atoms with Gasteiger partial charge in [-0.1, -0.05) is 18.2 Å². The third kappa shape index (κ3) is 2.91. The van der Waals surface area contributed by atoms with Crippen LogP contribution in [0.4, 0.5) is 0 Å². The van der Waals surface area contributed by atoms with Crippen molar-refractivity contribution >= 4 is 5.91 Å². The van der Waals surface area contributed by atoms with Crippen LogP contribution >= 0.6 is 0 Å². The average Bonchev–Trinajstić information content (AvgIpc) is 2.66. The Kier molecular flexibility index (Phi) is 3.89. The Labute approximate surface area is 126 Å². The van der Waals surface area contributed by atoms with Crippen molar-refractivity contribution in [2.24, 2.45) is 0 Å². The van der Waals surface area contributed by atoms with Gasteiger partial charge in [-0.2, -0.15) is 0 Å². The Balaban J connectivity index is 1.71. The maximum Gasteiger partial charge on any atom is 0.219 e. The molecular weight excluding hydrogens is 264 g/mol. The molecule has 1 spiro atoms. The average molecular weight is 288 g/mol. The summed E-state index contributed by atoms with van der Waals surface area (Å²) in [5, 5.41) is 3.53. The SMILES string of the molecule is CC(=O)N(C)C1CCC2(CC1)CNCc1ccccc1O2. The van der Waals surface area contributed by atoms with Gasteiger partial charge in [-0.15, -0.1) is 0 Å². The predicted octanol–water partition coefficient (Wildman–Crippen LogP) is 2.33. The fourth-order valence-electron chi connectivity index (χ4n) is 3.50. The fraction of sp³-hybridized carbons (Fsp3) is 0.588. The highest BCUT2D eigenvalue weighted by atomic mass is 16.5. The molecule has 1 aromatic carbocycles. The topological polar surface area (TPSA) is 41.6 Å². The second-order valence-electron chi connectivity index (χ2n) is 6.36. The van der Waals surface area contributed by atoms with E-state index in [0.717, 1.165) is 44.5 Å². The van der Waals surface area contributed by atoms with Gasteiger partial charge in [0.05, 0.1) is 0 Å². The summed E-state index contributed by atoms with van der Waals surface area (Å²) < 4.78 is 6.41. The van der Waals surface area contributed by atoms with E-state index < -0.39 is 0 Å². The van der Waals surface area contributed by atoms with E-state index in [-0.39, 0.29) is 11.5 Å². The summed E-state index contributed by atoms with van der Waals surface area (Å²) in [7, 11) is 1.91. The van der Waals surface area contributed by atoms with E-state index in [4.69, 9.17) is 4.74 Å². The summed E-state index contributed by atoms with van der Waals surface area (Å²) in [5.41, 5.74) is 1.12. The molecule has 1 heterocycles. The molecule has 0 atom stereocenters. The zero-order valence-electron chi connectivity index (χ0n) is 12.9. The van der Waals surface area contributed by atoms with Gasteiger partial charge in [-0.05, 0) is 31.7 Å². The van der Waals surface area contributed by atoms with Crippen LogP contribution in [-0.4, -0.2) is 36.0 Å². The van der Waals surface area contributed by atoms with Crippen molar-refractivity contribution in [2.45, 2.75) is 50.8 Å². The van der Waals surface area contributed by atoms with E-state index in [9.17, 15) is 4.79 Å². The van der Waals surface area contributed by atoms with Gasteiger partial charge in [-0.3, -0.25) is 4.79 Å². The number of carbonyl (C=O) groups is 1. The molecular formula is C17H24N2O2. The molecule has 3 rings (SSSR count). The summed E-state index contributed by atoms with van der Waals surface area (Å²) in [6.07, 6.45) is 4.02. The van der Waals surface area contributed by atoms with Gasteiger partial charge in [-0.25, -0.2) is 0 Å². The molecule has 21 heavy (non-hydrogen) atoms. The van der Waals surface area contributed by atoms with Crippen LogP contribution in [0.15, 0.2) is 24.3 Å². The first kappa shape index (κ1) is 14.4. The Hall–Kier alpha value is -1.55. The second kappa shape index (κ2) is 5.68. The molecule has 1 aliphatic carbocycles. The van der Waals surface area contributed by atoms with E-state index in [0.29, 0.717) is 6.04 Å². The highest BCUT2D eigenvalue weighted by molar-refractivity contribution is 5.73. The number of hydrogen-bond acceptors (Lipinski definition) is 3. The molecule has 1 fully saturated rings. The summed E-state index contributed by atoms with van der Waals surface area (Å²) in [5.74, 6) is 1.17. The van der Waals surface area contributed by atoms with Crippen molar-refractivity contribution in [3.05, 3.63) is 29.8 Å². The summed E-state index contributed by atoms with van der Waals surface area (Å²) in [4.78, 5) is 13.4. The van der Waals surface area contributed by atoms with Crippen LogP contribution in [0.25, 0.3) is 0 Å². The number of nitrogens with one attached hydrogen (secondary N) is 1. The molecule has 0 bridgehead atoms. The number of ether oxygens (including phenoxy) is 1. The van der Waals surface area contributed by atoms with Crippen LogP contribution in [0.2, 0.25) is 0 Å². The molecule has 0 saturated heterocycles. The summed E-state index contributed by atoms with van der Waals surface area (Å²) >= 11 is 0. The van der Waals surface area contributed by atoms with Crippen molar-refractivity contribution in [1.82, 2.24) is 10.2 Å². The monoisotopic (exact) mass is 288 g/mol. The zero-order valence-corrected chi connectivity index (χ0v) is 12.9. The first-order valence-corrected chi connectivity index (χ1v) is 7.81. The van der Waals surface area contributed by atoms with Crippen LogP contribution in [0, 0.1) is 0 Å². The van der Waals surface area contributed by atoms with E-state index in [1.165, 1.54) is 5.56 Å². The molecule has 1 amide bonds. The fourth-order valence-corrected chi connectivity index (χ4v) is 3.50. The molecule has 114 valence electrons. The van der Waals surface area contributed by atoms with Crippen molar-refractivity contribution in [2.75, 3.05) is 13.6 Å². The summed E-state index contributed by atoms with van der Waals surface area (Å²) in [6.45, 7) is 3.40. The summed E-state index contributed by atoms with van der Waals surface area (Å²) in [6, 6.07) is 8.64. The lowest BCUT2D eigenvalue weighted by atomic mass is 9.81. The molecule has 0 unspecified atom stereocenters. The second-order valence-corrected chi connectivity index (χ2v) is 6.36. The normalized spacial score (nSPS) is 28.4. The van der Waals surface area contributed by atoms with Gasteiger partial charge < -0.3 is 15.0 Å². The quantitative estimate of drug-likeness (QED) is 0.862. The highest BCUT2D eigenvalue weighted by Gasteiger charge is 2.40. The first-order chi connectivity index (χ1) is 10.1. The first-order valence-electron chi connectivity index (χ1n) is 7.81. The van der Waals surface area contributed by atoms with Crippen LogP contribution in [0.5, 0.6) is 5.75 Å². The lowest BCUT2D eigenvalue weighted by Crippen LogP contribution is -2.50. The van der Waals surface area contributed by atoms with Gasteiger partial charge in [0.2, 0.25) is 5.91 Å². The number of benzene rings is 1. The highest BCUT2D eigenvalue weighted by Crippen LogP contribution is 2.37. The van der Waals surface area contributed by atoms with Crippen molar-refractivity contribution < 1.29 is 9.53 Å². The number of amides is 1. The molecule has 0 radical (unpaired) electrons. The van der Waals surface area contributed by atoms with Gasteiger partial charge in [0.25, 0.3) is 0 Å². The predicted molar refractivity (Wildman–Crippen MR) is 82.2 cm³/mol. The van der Waals surface area contributed by atoms with Gasteiger partial charge in [0, 0.05) is 38.7 Å². The molecule has 4 nitrogen and oxygen atoms in total. The van der Waals surface area contributed by atoms with Crippen LogP contribution in [0.1, 0.15) is 38.2 Å². The molecule has 0 aromatic heterocycles. The minimum absolute atomic E-state index is 0.110. The van der Waals surface area contributed by atoms with Crippen LogP contribution in [-0.2, 0) is 11.3 Å². The Morgan fingerprint density at radius 2 is 2.05 bits per heavy atom. The third-order valence-corrected chi connectivity index (χ3v) is 4.97.